The van der Waals surface area contributed by atoms with Crippen LogP contribution in [0.15, 0.2) is 0 Å². The monoisotopic (exact) mass is 111 g/mol. The van der Waals surface area contributed by atoms with Crippen molar-refractivity contribution in [2.45, 2.75) is 31.7 Å². The third-order valence-corrected chi connectivity index (χ3v) is 2.33. The lowest BCUT2D eigenvalue weighted by Crippen LogP contribution is -2.16. The molecule has 2 rings (SSSR count). The Balaban J connectivity index is 1.89. The Kier molecular flexibility index (Phi) is 1.04. The summed E-state index contributed by atoms with van der Waals surface area (Å²) in [5.74, 6) is 1.08. The van der Waals surface area contributed by atoms with Gasteiger partial charge in [-0.1, -0.05) is 6.42 Å². The first kappa shape index (κ1) is 4.80. The Morgan fingerprint density at radius 2 is 2.25 bits per heavy atom. The maximum absolute atomic E-state index is 3.52. The lowest BCUT2D eigenvalue weighted by molar-refractivity contribution is 0.656. The Morgan fingerprint density at radius 3 is 3.25 bits per heavy atom. The molecule has 1 saturated carbocycles. The lowest BCUT2D eigenvalue weighted by Gasteiger charge is -1.94. The second-order valence-electron chi connectivity index (χ2n) is 3.05. The molecule has 1 aliphatic carbocycles. The molecule has 0 aromatic heterocycles. The molecule has 1 heteroatoms. The van der Waals surface area contributed by atoms with E-state index in [0.29, 0.717) is 0 Å². The van der Waals surface area contributed by atoms with Crippen LogP contribution in [-0.2, 0) is 0 Å². The van der Waals surface area contributed by atoms with Crippen molar-refractivity contribution in [1.82, 2.24) is 5.32 Å². The second kappa shape index (κ2) is 1.73. The van der Waals surface area contributed by atoms with Gasteiger partial charge in [0.05, 0.1) is 0 Å². The van der Waals surface area contributed by atoms with Crippen molar-refractivity contribution in [2.75, 3.05) is 6.54 Å². The highest BCUT2D eigenvalue weighted by Crippen LogP contribution is 2.36. The van der Waals surface area contributed by atoms with Gasteiger partial charge in [0.1, 0.15) is 0 Å². The van der Waals surface area contributed by atoms with Crippen LogP contribution < -0.4 is 5.32 Å². The maximum atomic E-state index is 3.52. The van der Waals surface area contributed by atoms with Crippen LogP contribution in [0.3, 0.4) is 0 Å². The van der Waals surface area contributed by atoms with Crippen molar-refractivity contribution in [1.29, 1.82) is 0 Å². The summed E-state index contributed by atoms with van der Waals surface area (Å²) in [5, 5.41) is 3.52. The van der Waals surface area contributed by atoms with E-state index >= 15 is 0 Å². The minimum atomic E-state index is 0.942. The van der Waals surface area contributed by atoms with Gasteiger partial charge >= 0.3 is 0 Å². The summed E-state index contributed by atoms with van der Waals surface area (Å²) in [6, 6.07) is 0.942. The number of rotatable bonds is 0. The first-order chi connectivity index (χ1) is 3.97. The highest BCUT2D eigenvalue weighted by molar-refractivity contribution is 4.94. The van der Waals surface area contributed by atoms with E-state index in [0.717, 1.165) is 12.0 Å². The Hall–Kier alpha value is -0.0400. The summed E-state index contributed by atoms with van der Waals surface area (Å²) in [4.78, 5) is 0. The first-order valence-corrected chi connectivity index (χ1v) is 3.70. The summed E-state index contributed by atoms with van der Waals surface area (Å²) in [7, 11) is 0. The SMILES string of the molecule is C1CCC2CC2NC1. The fourth-order valence-corrected chi connectivity index (χ4v) is 1.64. The fourth-order valence-electron chi connectivity index (χ4n) is 1.64. The zero-order chi connectivity index (χ0) is 5.40. The molecule has 2 fully saturated rings. The number of nitrogens with one attached hydrogen (secondary N) is 1. The van der Waals surface area contributed by atoms with Crippen LogP contribution >= 0.6 is 0 Å². The summed E-state index contributed by atoms with van der Waals surface area (Å²) in [6.07, 6.45) is 5.85. The van der Waals surface area contributed by atoms with Crippen molar-refractivity contribution < 1.29 is 0 Å². The molecule has 46 valence electrons. The molecule has 1 N–H and O–H groups in total. The second-order valence-corrected chi connectivity index (χ2v) is 3.05. The largest absolute Gasteiger partial charge is 0.314 e. The summed E-state index contributed by atoms with van der Waals surface area (Å²) in [6.45, 7) is 1.28. The minimum absolute atomic E-state index is 0.942. The normalized spacial score (nSPS) is 45.0. The molecule has 0 aromatic rings. The molecule has 0 radical (unpaired) electrons. The molecule has 2 aliphatic rings. The van der Waals surface area contributed by atoms with Crippen molar-refractivity contribution >= 4 is 0 Å². The van der Waals surface area contributed by atoms with Gasteiger partial charge in [-0.3, -0.25) is 0 Å². The van der Waals surface area contributed by atoms with Gasteiger partial charge in [-0.05, 0) is 31.7 Å². The predicted octanol–water partition coefficient (Wildman–Crippen LogP) is 1.15. The van der Waals surface area contributed by atoms with Crippen molar-refractivity contribution in [3.05, 3.63) is 0 Å². The van der Waals surface area contributed by atoms with E-state index in [1.165, 1.54) is 32.2 Å². The van der Waals surface area contributed by atoms with Crippen LogP contribution in [0.25, 0.3) is 0 Å². The van der Waals surface area contributed by atoms with E-state index in [1.807, 2.05) is 0 Å². The van der Waals surface area contributed by atoms with Crippen LogP contribution in [0, 0.1) is 5.92 Å². The van der Waals surface area contributed by atoms with Crippen LogP contribution in [0.4, 0.5) is 0 Å². The highest BCUT2D eigenvalue weighted by Gasteiger charge is 2.36. The van der Waals surface area contributed by atoms with Crippen LogP contribution in [-0.4, -0.2) is 12.6 Å². The zero-order valence-corrected chi connectivity index (χ0v) is 5.19. The van der Waals surface area contributed by atoms with E-state index < -0.39 is 0 Å². The quantitative estimate of drug-likeness (QED) is 0.494. The molecule has 8 heavy (non-hydrogen) atoms. The van der Waals surface area contributed by atoms with E-state index in [2.05, 4.69) is 5.32 Å². The number of fused-ring (bicyclic) bond motifs is 1. The number of hydrogen-bond acceptors (Lipinski definition) is 1. The third-order valence-electron chi connectivity index (χ3n) is 2.33. The average molecular weight is 111 g/mol. The summed E-state index contributed by atoms with van der Waals surface area (Å²) < 4.78 is 0. The van der Waals surface area contributed by atoms with E-state index in [-0.39, 0.29) is 0 Å². The number of hydrogen-bond donors (Lipinski definition) is 1. The van der Waals surface area contributed by atoms with Crippen molar-refractivity contribution in [3.63, 3.8) is 0 Å². The molecular weight excluding hydrogens is 98.1 g/mol. The molecule has 0 spiro atoms. The summed E-state index contributed by atoms with van der Waals surface area (Å²) >= 11 is 0. The van der Waals surface area contributed by atoms with Gasteiger partial charge in [0, 0.05) is 6.04 Å². The van der Waals surface area contributed by atoms with Crippen LogP contribution in [0.1, 0.15) is 25.7 Å². The Morgan fingerprint density at radius 1 is 1.25 bits per heavy atom. The van der Waals surface area contributed by atoms with Crippen LogP contribution in [0.5, 0.6) is 0 Å². The van der Waals surface area contributed by atoms with E-state index in [1.54, 1.807) is 0 Å². The van der Waals surface area contributed by atoms with Gasteiger partial charge in [0.15, 0.2) is 0 Å². The predicted molar refractivity (Wildman–Crippen MR) is 33.7 cm³/mol. The topological polar surface area (TPSA) is 12.0 Å². The zero-order valence-electron chi connectivity index (χ0n) is 5.19. The first-order valence-electron chi connectivity index (χ1n) is 3.70. The van der Waals surface area contributed by atoms with Gasteiger partial charge in [-0.2, -0.15) is 0 Å². The average Bonchev–Trinajstić information content (AvgIpc) is 2.36. The van der Waals surface area contributed by atoms with Crippen molar-refractivity contribution in [3.8, 4) is 0 Å². The van der Waals surface area contributed by atoms with E-state index in [9.17, 15) is 0 Å². The third kappa shape index (κ3) is 0.752. The van der Waals surface area contributed by atoms with Gasteiger partial charge in [0.25, 0.3) is 0 Å². The molecule has 2 unspecified atom stereocenters. The molecule has 1 heterocycles. The molecule has 0 amide bonds. The van der Waals surface area contributed by atoms with Crippen LogP contribution in [0.2, 0.25) is 0 Å². The standard InChI is InChI=1S/C7H13N/c1-2-4-8-7-5-6(7)3-1/h6-8H,1-5H2. The summed E-state index contributed by atoms with van der Waals surface area (Å²) in [5.41, 5.74) is 0. The molecule has 1 nitrogen and oxygen atoms in total. The van der Waals surface area contributed by atoms with Gasteiger partial charge < -0.3 is 5.32 Å². The fraction of sp³-hybridized carbons (Fsp3) is 1.00. The maximum Gasteiger partial charge on any atom is 0.00991 e. The van der Waals surface area contributed by atoms with Gasteiger partial charge in [-0.25, -0.2) is 0 Å². The Labute approximate surface area is 50.5 Å². The molecule has 1 aliphatic heterocycles. The lowest BCUT2D eigenvalue weighted by atomic mass is 10.2. The molecular formula is C7H13N. The Bertz CT molecular complexity index is 80.4. The minimum Gasteiger partial charge on any atom is -0.314 e. The smallest absolute Gasteiger partial charge is 0.00991 e. The highest BCUT2D eigenvalue weighted by atomic mass is 15.0. The van der Waals surface area contributed by atoms with Crippen molar-refractivity contribution in [2.24, 2.45) is 5.92 Å². The molecule has 2 atom stereocenters. The molecule has 1 saturated heterocycles. The van der Waals surface area contributed by atoms with E-state index in [4.69, 9.17) is 0 Å². The molecule has 0 aromatic carbocycles. The van der Waals surface area contributed by atoms with Gasteiger partial charge in [-0.15, -0.1) is 0 Å². The molecule has 0 bridgehead atoms. The van der Waals surface area contributed by atoms with Gasteiger partial charge in [0.2, 0.25) is 0 Å².